The summed E-state index contributed by atoms with van der Waals surface area (Å²) in [5.74, 6) is 0. The standard InChI is InChI=1S/C12H16BrN/c1-9(2)4-5-14-12-7-10(3)6-11(13)8-12/h4,6-8,14H,5H2,1-3H3. The highest BCUT2D eigenvalue weighted by Crippen LogP contribution is 2.18. The highest BCUT2D eigenvalue weighted by Gasteiger charge is 1.94. The summed E-state index contributed by atoms with van der Waals surface area (Å²) in [6, 6.07) is 6.33. The summed E-state index contributed by atoms with van der Waals surface area (Å²) in [4.78, 5) is 0. The van der Waals surface area contributed by atoms with Crippen LogP contribution in [0, 0.1) is 6.92 Å². The molecule has 0 aliphatic carbocycles. The van der Waals surface area contributed by atoms with Crippen molar-refractivity contribution in [3.05, 3.63) is 39.9 Å². The van der Waals surface area contributed by atoms with Crippen molar-refractivity contribution >= 4 is 21.6 Å². The smallest absolute Gasteiger partial charge is 0.0356 e. The number of allylic oxidation sites excluding steroid dienone is 1. The Morgan fingerprint density at radius 3 is 2.64 bits per heavy atom. The van der Waals surface area contributed by atoms with Crippen molar-refractivity contribution < 1.29 is 0 Å². The minimum absolute atomic E-state index is 0.887. The zero-order chi connectivity index (χ0) is 10.6. The average Bonchev–Trinajstić information content (AvgIpc) is 2.01. The van der Waals surface area contributed by atoms with E-state index in [-0.39, 0.29) is 0 Å². The Hall–Kier alpha value is -0.760. The number of rotatable bonds is 3. The third-order valence-corrected chi connectivity index (χ3v) is 2.32. The zero-order valence-corrected chi connectivity index (χ0v) is 10.5. The summed E-state index contributed by atoms with van der Waals surface area (Å²) in [5.41, 5.74) is 3.76. The van der Waals surface area contributed by atoms with Crippen molar-refractivity contribution in [2.75, 3.05) is 11.9 Å². The molecule has 0 bridgehead atoms. The number of anilines is 1. The molecule has 0 radical (unpaired) electrons. The normalized spacial score (nSPS) is 9.71. The predicted molar refractivity (Wildman–Crippen MR) is 66.8 cm³/mol. The van der Waals surface area contributed by atoms with Gasteiger partial charge in [0.2, 0.25) is 0 Å². The van der Waals surface area contributed by atoms with Gasteiger partial charge in [0.05, 0.1) is 0 Å². The first-order valence-electron chi connectivity index (χ1n) is 4.72. The van der Waals surface area contributed by atoms with Gasteiger partial charge in [0.25, 0.3) is 0 Å². The molecule has 1 aromatic carbocycles. The molecule has 1 aromatic rings. The Bertz CT molecular complexity index is 318. The van der Waals surface area contributed by atoms with Crippen molar-refractivity contribution in [1.29, 1.82) is 0 Å². The van der Waals surface area contributed by atoms with Gasteiger partial charge in [-0.15, -0.1) is 0 Å². The molecule has 0 atom stereocenters. The molecule has 1 N–H and O–H groups in total. The summed E-state index contributed by atoms with van der Waals surface area (Å²) in [7, 11) is 0. The molecule has 0 aromatic heterocycles. The molecule has 0 aliphatic rings. The predicted octanol–water partition coefficient (Wildman–Crippen LogP) is 4.14. The molecule has 0 heterocycles. The molecule has 14 heavy (non-hydrogen) atoms. The van der Waals surface area contributed by atoms with Crippen LogP contribution in [0.3, 0.4) is 0 Å². The summed E-state index contributed by atoms with van der Waals surface area (Å²) in [6.07, 6.45) is 2.18. The molecular formula is C12H16BrN. The van der Waals surface area contributed by atoms with E-state index in [4.69, 9.17) is 0 Å². The first kappa shape index (κ1) is 11.3. The van der Waals surface area contributed by atoms with Crippen molar-refractivity contribution in [3.63, 3.8) is 0 Å². The third kappa shape index (κ3) is 3.97. The van der Waals surface area contributed by atoms with Crippen LogP contribution in [0.4, 0.5) is 5.69 Å². The summed E-state index contributed by atoms with van der Waals surface area (Å²) < 4.78 is 1.12. The Morgan fingerprint density at radius 1 is 1.36 bits per heavy atom. The topological polar surface area (TPSA) is 12.0 Å². The molecule has 0 saturated carbocycles. The highest BCUT2D eigenvalue weighted by atomic mass is 79.9. The highest BCUT2D eigenvalue weighted by molar-refractivity contribution is 9.10. The lowest BCUT2D eigenvalue weighted by atomic mass is 10.2. The number of hydrogen-bond acceptors (Lipinski definition) is 1. The Morgan fingerprint density at radius 2 is 2.07 bits per heavy atom. The first-order chi connectivity index (χ1) is 6.58. The van der Waals surface area contributed by atoms with Gasteiger partial charge >= 0.3 is 0 Å². The van der Waals surface area contributed by atoms with E-state index in [1.54, 1.807) is 0 Å². The van der Waals surface area contributed by atoms with Crippen molar-refractivity contribution in [1.82, 2.24) is 0 Å². The molecule has 2 heteroatoms. The van der Waals surface area contributed by atoms with Crippen LogP contribution >= 0.6 is 15.9 Å². The number of hydrogen-bond donors (Lipinski definition) is 1. The van der Waals surface area contributed by atoms with Crippen LogP contribution in [0.5, 0.6) is 0 Å². The SMILES string of the molecule is CC(C)=CCNc1cc(C)cc(Br)c1. The average molecular weight is 254 g/mol. The van der Waals surface area contributed by atoms with Gasteiger partial charge in [-0.3, -0.25) is 0 Å². The quantitative estimate of drug-likeness (QED) is 0.799. The van der Waals surface area contributed by atoms with Crippen molar-refractivity contribution in [2.45, 2.75) is 20.8 Å². The Kier molecular flexibility index (Phi) is 4.21. The zero-order valence-electron chi connectivity index (χ0n) is 8.89. The summed E-state index contributed by atoms with van der Waals surface area (Å²) >= 11 is 3.48. The number of benzene rings is 1. The van der Waals surface area contributed by atoms with Gasteiger partial charge in [0, 0.05) is 16.7 Å². The van der Waals surface area contributed by atoms with E-state index in [2.05, 4.69) is 66.3 Å². The monoisotopic (exact) mass is 253 g/mol. The lowest BCUT2D eigenvalue weighted by molar-refractivity contribution is 1.26. The van der Waals surface area contributed by atoms with E-state index in [1.165, 1.54) is 11.1 Å². The van der Waals surface area contributed by atoms with Crippen LogP contribution < -0.4 is 5.32 Å². The van der Waals surface area contributed by atoms with Crippen LogP contribution in [-0.4, -0.2) is 6.54 Å². The molecule has 0 aliphatic heterocycles. The first-order valence-corrected chi connectivity index (χ1v) is 5.51. The molecule has 1 nitrogen and oxygen atoms in total. The molecule has 1 rings (SSSR count). The minimum atomic E-state index is 0.887. The Balaban J connectivity index is 2.63. The van der Waals surface area contributed by atoms with Gasteiger partial charge in [0.1, 0.15) is 0 Å². The van der Waals surface area contributed by atoms with E-state index < -0.39 is 0 Å². The summed E-state index contributed by atoms with van der Waals surface area (Å²) in [5, 5.41) is 3.35. The molecular weight excluding hydrogens is 238 g/mol. The fraction of sp³-hybridized carbons (Fsp3) is 0.333. The molecule has 0 amide bonds. The van der Waals surface area contributed by atoms with Crippen LogP contribution in [0.25, 0.3) is 0 Å². The maximum atomic E-state index is 3.48. The van der Waals surface area contributed by atoms with Gasteiger partial charge in [-0.05, 0) is 44.5 Å². The maximum absolute atomic E-state index is 3.48. The number of nitrogens with one attached hydrogen (secondary N) is 1. The second kappa shape index (κ2) is 5.20. The van der Waals surface area contributed by atoms with E-state index in [9.17, 15) is 0 Å². The van der Waals surface area contributed by atoms with Gasteiger partial charge < -0.3 is 5.32 Å². The van der Waals surface area contributed by atoms with Gasteiger partial charge in [-0.2, -0.15) is 0 Å². The molecule has 0 spiro atoms. The second-order valence-electron chi connectivity index (χ2n) is 3.68. The Labute approximate surface area is 94.3 Å². The minimum Gasteiger partial charge on any atom is -0.382 e. The largest absolute Gasteiger partial charge is 0.382 e. The number of aryl methyl sites for hydroxylation is 1. The summed E-state index contributed by atoms with van der Waals surface area (Å²) in [6.45, 7) is 7.19. The molecule has 0 fully saturated rings. The fourth-order valence-corrected chi connectivity index (χ4v) is 1.82. The van der Waals surface area contributed by atoms with Crippen LogP contribution in [0.2, 0.25) is 0 Å². The molecule has 0 saturated heterocycles. The van der Waals surface area contributed by atoms with E-state index >= 15 is 0 Å². The number of halogens is 1. The maximum Gasteiger partial charge on any atom is 0.0356 e. The second-order valence-corrected chi connectivity index (χ2v) is 4.60. The van der Waals surface area contributed by atoms with Crippen LogP contribution in [-0.2, 0) is 0 Å². The fourth-order valence-electron chi connectivity index (χ4n) is 1.21. The van der Waals surface area contributed by atoms with E-state index in [1.807, 2.05) is 0 Å². The van der Waals surface area contributed by atoms with Crippen LogP contribution in [0.1, 0.15) is 19.4 Å². The van der Waals surface area contributed by atoms with Gasteiger partial charge in [-0.25, -0.2) is 0 Å². The molecule has 0 unspecified atom stereocenters. The van der Waals surface area contributed by atoms with Crippen molar-refractivity contribution in [2.24, 2.45) is 0 Å². The lowest BCUT2D eigenvalue weighted by Gasteiger charge is -2.05. The van der Waals surface area contributed by atoms with Gasteiger partial charge in [-0.1, -0.05) is 27.6 Å². The molecule has 76 valence electrons. The van der Waals surface area contributed by atoms with E-state index in [0.29, 0.717) is 0 Å². The van der Waals surface area contributed by atoms with Gasteiger partial charge in [0.15, 0.2) is 0 Å². The van der Waals surface area contributed by atoms with E-state index in [0.717, 1.165) is 16.7 Å². The lowest BCUT2D eigenvalue weighted by Crippen LogP contribution is -1.98. The van der Waals surface area contributed by atoms with Crippen LogP contribution in [0.15, 0.2) is 34.3 Å². The van der Waals surface area contributed by atoms with Crippen molar-refractivity contribution in [3.8, 4) is 0 Å². The third-order valence-electron chi connectivity index (χ3n) is 1.86.